The lowest BCUT2D eigenvalue weighted by molar-refractivity contribution is 0.100. The molecule has 1 aromatic rings. The van der Waals surface area contributed by atoms with Crippen LogP contribution in [-0.2, 0) is 0 Å². The lowest BCUT2D eigenvalue weighted by Gasteiger charge is -2.32. The van der Waals surface area contributed by atoms with Crippen molar-refractivity contribution in [2.45, 2.75) is 25.8 Å². The summed E-state index contributed by atoms with van der Waals surface area (Å²) in [5, 5.41) is 3.37. The van der Waals surface area contributed by atoms with Gasteiger partial charge in [0.15, 0.2) is 0 Å². The van der Waals surface area contributed by atoms with Crippen LogP contribution < -0.4 is 16.0 Å². The zero-order chi connectivity index (χ0) is 13.8. The first-order valence-electron chi connectivity index (χ1n) is 6.70. The second kappa shape index (κ2) is 6.39. The van der Waals surface area contributed by atoms with Crippen molar-refractivity contribution >= 4 is 27.5 Å². The number of carbonyl (C=O) groups excluding carboxylic acids is 1. The van der Waals surface area contributed by atoms with Gasteiger partial charge in [0.05, 0.1) is 11.3 Å². The average molecular weight is 326 g/mol. The van der Waals surface area contributed by atoms with Crippen LogP contribution in [-0.4, -0.2) is 31.6 Å². The average Bonchev–Trinajstić information content (AvgIpc) is 2.89. The van der Waals surface area contributed by atoms with E-state index in [1.54, 1.807) is 6.07 Å². The molecule has 1 saturated heterocycles. The summed E-state index contributed by atoms with van der Waals surface area (Å²) in [7, 11) is 0. The Kier molecular flexibility index (Phi) is 4.82. The number of halogens is 1. The Bertz CT molecular complexity index is 458. The molecule has 1 unspecified atom stereocenters. The first kappa shape index (κ1) is 14.3. The Morgan fingerprint density at radius 3 is 2.95 bits per heavy atom. The number of hydrogen-bond acceptors (Lipinski definition) is 3. The van der Waals surface area contributed by atoms with Crippen molar-refractivity contribution in [1.82, 2.24) is 5.32 Å². The number of nitrogens with one attached hydrogen (secondary N) is 1. The van der Waals surface area contributed by atoms with E-state index in [-0.39, 0.29) is 5.91 Å². The van der Waals surface area contributed by atoms with E-state index in [0.717, 1.165) is 42.6 Å². The molecule has 2 rings (SSSR count). The van der Waals surface area contributed by atoms with Crippen LogP contribution in [0.5, 0.6) is 0 Å². The third-order valence-corrected chi connectivity index (χ3v) is 3.97. The van der Waals surface area contributed by atoms with E-state index in [1.807, 2.05) is 12.1 Å². The van der Waals surface area contributed by atoms with Crippen molar-refractivity contribution in [3.8, 4) is 0 Å². The van der Waals surface area contributed by atoms with Gasteiger partial charge in [-0.1, -0.05) is 22.9 Å². The van der Waals surface area contributed by atoms with Crippen molar-refractivity contribution in [3.63, 3.8) is 0 Å². The lowest BCUT2D eigenvalue weighted by atomic mass is 10.1. The normalized spacial score (nSPS) is 18.5. The third-order valence-electron chi connectivity index (χ3n) is 3.47. The van der Waals surface area contributed by atoms with Gasteiger partial charge in [-0.15, -0.1) is 0 Å². The van der Waals surface area contributed by atoms with Crippen molar-refractivity contribution in [2.24, 2.45) is 5.73 Å². The Morgan fingerprint density at radius 1 is 1.58 bits per heavy atom. The van der Waals surface area contributed by atoms with Gasteiger partial charge in [0, 0.05) is 23.6 Å². The summed E-state index contributed by atoms with van der Waals surface area (Å²) in [5.41, 5.74) is 7.04. The van der Waals surface area contributed by atoms with Gasteiger partial charge in [-0.25, -0.2) is 0 Å². The fourth-order valence-electron chi connectivity index (χ4n) is 2.60. The molecule has 1 atom stereocenters. The number of hydrogen-bond donors (Lipinski definition) is 2. The maximum absolute atomic E-state index is 11.6. The van der Waals surface area contributed by atoms with E-state index in [1.165, 1.54) is 0 Å². The Labute approximate surface area is 122 Å². The van der Waals surface area contributed by atoms with Crippen molar-refractivity contribution in [1.29, 1.82) is 0 Å². The molecule has 0 aliphatic carbocycles. The molecule has 1 aliphatic rings. The molecule has 1 amide bonds. The minimum absolute atomic E-state index is 0.366. The van der Waals surface area contributed by atoms with Gasteiger partial charge in [-0.2, -0.15) is 0 Å². The number of nitrogens with two attached hydrogens (primary N) is 1. The number of primary amides is 1. The number of benzene rings is 1. The predicted octanol–water partition coefficient (Wildman–Crippen LogP) is 2.13. The van der Waals surface area contributed by atoms with E-state index >= 15 is 0 Å². The molecule has 0 spiro atoms. The zero-order valence-corrected chi connectivity index (χ0v) is 12.7. The van der Waals surface area contributed by atoms with E-state index in [4.69, 9.17) is 5.73 Å². The van der Waals surface area contributed by atoms with E-state index in [9.17, 15) is 4.79 Å². The zero-order valence-electron chi connectivity index (χ0n) is 11.2. The second-order valence-corrected chi connectivity index (χ2v) is 5.78. The van der Waals surface area contributed by atoms with Gasteiger partial charge < -0.3 is 16.0 Å². The topological polar surface area (TPSA) is 58.4 Å². The molecule has 1 aliphatic heterocycles. The molecule has 104 valence electrons. The summed E-state index contributed by atoms with van der Waals surface area (Å²) in [6, 6.07) is 6.09. The van der Waals surface area contributed by atoms with Crippen LogP contribution in [0.1, 0.15) is 30.1 Å². The quantitative estimate of drug-likeness (QED) is 0.871. The molecular weight excluding hydrogens is 306 g/mol. The maximum Gasteiger partial charge on any atom is 0.250 e. The molecule has 0 saturated carbocycles. The van der Waals surface area contributed by atoms with Crippen molar-refractivity contribution < 1.29 is 4.79 Å². The SMILES string of the molecule is CCCN(c1cc(Br)ccc1C(N)=O)C1CCNC1. The van der Waals surface area contributed by atoms with Gasteiger partial charge in [0.1, 0.15) is 0 Å². The minimum atomic E-state index is -0.366. The fraction of sp³-hybridized carbons (Fsp3) is 0.500. The summed E-state index contributed by atoms with van der Waals surface area (Å²) >= 11 is 3.48. The molecule has 4 nitrogen and oxygen atoms in total. The summed E-state index contributed by atoms with van der Waals surface area (Å²) in [6.45, 7) is 5.08. The summed E-state index contributed by atoms with van der Waals surface area (Å²) in [5.74, 6) is -0.366. The van der Waals surface area contributed by atoms with Crippen LogP contribution in [0.15, 0.2) is 22.7 Å². The van der Waals surface area contributed by atoms with E-state index < -0.39 is 0 Å². The predicted molar refractivity (Wildman–Crippen MR) is 81.6 cm³/mol. The molecule has 1 fully saturated rings. The van der Waals surface area contributed by atoms with Crippen LogP contribution in [0, 0.1) is 0 Å². The molecule has 0 radical (unpaired) electrons. The van der Waals surface area contributed by atoms with Crippen LogP contribution in [0.2, 0.25) is 0 Å². The number of rotatable bonds is 5. The lowest BCUT2D eigenvalue weighted by Crippen LogP contribution is -2.38. The van der Waals surface area contributed by atoms with Gasteiger partial charge in [0.25, 0.3) is 5.91 Å². The first-order chi connectivity index (χ1) is 9.13. The Hall–Kier alpha value is -1.07. The van der Waals surface area contributed by atoms with Crippen LogP contribution in [0.25, 0.3) is 0 Å². The summed E-state index contributed by atoms with van der Waals surface area (Å²) < 4.78 is 0.972. The Balaban J connectivity index is 2.39. The molecule has 5 heteroatoms. The van der Waals surface area contributed by atoms with E-state index in [2.05, 4.69) is 33.1 Å². The monoisotopic (exact) mass is 325 g/mol. The highest BCUT2D eigenvalue weighted by Crippen LogP contribution is 2.28. The highest BCUT2D eigenvalue weighted by molar-refractivity contribution is 9.10. The molecule has 0 bridgehead atoms. The molecule has 3 N–H and O–H groups in total. The largest absolute Gasteiger partial charge is 0.367 e. The van der Waals surface area contributed by atoms with Gasteiger partial charge in [-0.3, -0.25) is 4.79 Å². The summed E-state index contributed by atoms with van der Waals surface area (Å²) in [6.07, 6.45) is 2.14. The van der Waals surface area contributed by atoms with Crippen molar-refractivity contribution in [2.75, 3.05) is 24.5 Å². The first-order valence-corrected chi connectivity index (χ1v) is 7.49. The second-order valence-electron chi connectivity index (χ2n) is 4.87. The summed E-state index contributed by atoms with van der Waals surface area (Å²) in [4.78, 5) is 13.9. The van der Waals surface area contributed by atoms with Crippen molar-refractivity contribution in [3.05, 3.63) is 28.2 Å². The molecule has 19 heavy (non-hydrogen) atoms. The van der Waals surface area contributed by atoms with Crippen LogP contribution in [0.3, 0.4) is 0 Å². The molecule has 0 aromatic heterocycles. The van der Waals surface area contributed by atoms with Gasteiger partial charge in [0.2, 0.25) is 0 Å². The van der Waals surface area contributed by atoms with E-state index in [0.29, 0.717) is 11.6 Å². The molecule has 1 heterocycles. The molecule has 1 aromatic carbocycles. The smallest absolute Gasteiger partial charge is 0.250 e. The minimum Gasteiger partial charge on any atom is -0.367 e. The highest BCUT2D eigenvalue weighted by atomic mass is 79.9. The van der Waals surface area contributed by atoms with Gasteiger partial charge >= 0.3 is 0 Å². The maximum atomic E-state index is 11.6. The number of nitrogens with zero attached hydrogens (tertiary/aromatic N) is 1. The fourth-order valence-corrected chi connectivity index (χ4v) is 2.95. The standard InChI is InChI=1S/C14H20BrN3O/c1-2-7-18(11-5-6-17-9-11)13-8-10(15)3-4-12(13)14(16)19/h3-4,8,11,17H,2,5-7,9H2,1H3,(H2,16,19). The third kappa shape index (κ3) is 3.28. The van der Waals surface area contributed by atoms with Gasteiger partial charge in [-0.05, 0) is 37.6 Å². The number of carbonyl (C=O) groups is 1. The molecular formula is C14H20BrN3O. The Morgan fingerprint density at radius 2 is 2.37 bits per heavy atom. The highest BCUT2D eigenvalue weighted by Gasteiger charge is 2.25. The van der Waals surface area contributed by atoms with Crippen LogP contribution >= 0.6 is 15.9 Å². The number of amides is 1. The number of anilines is 1. The van der Waals surface area contributed by atoms with Crippen LogP contribution in [0.4, 0.5) is 5.69 Å².